The van der Waals surface area contributed by atoms with Gasteiger partial charge < -0.3 is 4.90 Å². The van der Waals surface area contributed by atoms with Crippen molar-refractivity contribution in [3.63, 3.8) is 0 Å². The first-order chi connectivity index (χ1) is 12.1. The molecule has 1 saturated heterocycles. The molecule has 5 heteroatoms. The average Bonchev–Trinajstić information content (AvgIpc) is 3.06. The fraction of sp³-hybridized carbons (Fsp3) is 0.300. The maximum atomic E-state index is 12.6. The number of aryl methyl sites for hydroxylation is 1. The van der Waals surface area contributed by atoms with Crippen molar-refractivity contribution in [3.05, 3.63) is 59.7 Å². The predicted octanol–water partition coefficient (Wildman–Crippen LogP) is 3.29. The van der Waals surface area contributed by atoms with Crippen molar-refractivity contribution >= 4 is 23.2 Å². The molecule has 3 rings (SSSR count). The molecule has 1 heterocycles. The molecule has 0 bridgehead atoms. The molecule has 2 aromatic rings. The molecule has 1 fully saturated rings. The summed E-state index contributed by atoms with van der Waals surface area (Å²) in [4.78, 5) is 26.3. The number of nitrogens with zero attached hydrogens (tertiary/aromatic N) is 2. The lowest BCUT2D eigenvalue weighted by Crippen LogP contribution is -2.42. The number of amides is 2. The lowest BCUT2D eigenvalue weighted by atomic mass is 10.2. The van der Waals surface area contributed by atoms with Crippen LogP contribution in [-0.4, -0.2) is 24.9 Å². The molecule has 5 nitrogen and oxygen atoms in total. The smallest absolute Gasteiger partial charge is 0.269 e. The third-order valence-electron chi connectivity index (χ3n) is 4.39. The third kappa shape index (κ3) is 3.82. The van der Waals surface area contributed by atoms with E-state index in [1.807, 2.05) is 55.3 Å². The number of carbonyl (C=O) groups is 2. The molecule has 0 spiro atoms. The summed E-state index contributed by atoms with van der Waals surface area (Å²) in [5.74, 6) is -0.0664. The fourth-order valence-electron chi connectivity index (χ4n) is 2.97. The minimum absolute atomic E-state index is 0.118. The quantitative estimate of drug-likeness (QED) is 0.852. The second kappa shape index (κ2) is 7.38. The highest BCUT2D eigenvalue weighted by Crippen LogP contribution is 2.22. The Labute approximate surface area is 148 Å². The van der Waals surface area contributed by atoms with Crippen LogP contribution in [0.2, 0.25) is 0 Å². The van der Waals surface area contributed by atoms with Gasteiger partial charge in [-0.2, -0.15) is 0 Å². The molecule has 0 unspecified atom stereocenters. The SMILES string of the molecule is CCN(NC(=O)c1cccc(N2CCCC2=O)c1)c1ccc(C)cc1. The summed E-state index contributed by atoms with van der Waals surface area (Å²) < 4.78 is 0. The predicted molar refractivity (Wildman–Crippen MR) is 99.7 cm³/mol. The van der Waals surface area contributed by atoms with E-state index in [2.05, 4.69) is 5.43 Å². The Kier molecular flexibility index (Phi) is 5.03. The number of benzene rings is 2. The first-order valence-corrected chi connectivity index (χ1v) is 8.64. The van der Waals surface area contributed by atoms with E-state index in [9.17, 15) is 9.59 Å². The number of hydrazine groups is 1. The second-order valence-corrected chi connectivity index (χ2v) is 6.22. The van der Waals surface area contributed by atoms with Gasteiger partial charge in [-0.1, -0.05) is 23.8 Å². The summed E-state index contributed by atoms with van der Waals surface area (Å²) in [6, 6.07) is 15.2. The minimum atomic E-state index is -0.184. The molecule has 1 N–H and O–H groups in total. The van der Waals surface area contributed by atoms with Gasteiger partial charge in [0.25, 0.3) is 5.91 Å². The van der Waals surface area contributed by atoms with Crippen LogP contribution in [0, 0.1) is 6.92 Å². The van der Waals surface area contributed by atoms with Crippen molar-refractivity contribution in [1.82, 2.24) is 5.43 Å². The van der Waals surface area contributed by atoms with Crippen LogP contribution in [0.4, 0.5) is 11.4 Å². The summed E-state index contributed by atoms with van der Waals surface area (Å²) in [6.45, 7) is 5.39. The first kappa shape index (κ1) is 17.0. The summed E-state index contributed by atoms with van der Waals surface area (Å²) in [5.41, 5.74) is 6.38. The second-order valence-electron chi connectivity index (χ2n) is 6.22. The van der Waals surface area contributed by atoms with Crippen molar-refractivity contribution in [1.29, 1.82) is 0 Å². The van der Waals surface area contributed by atoms with Gasteiger partial charge >= 0.3 is 0 Å². The maximum Gasteiger partial charge on any atom is 0.269 e. The first-order valence-electron chi connectivity index (χ1n) is 8.64. The van der Waals surface area contributed by atoms with Gasteiger partial charge in [-0.3, -0.25) is 20.0 Å². The molecule has 1 aliphatic heterocycles. The van der Waals surface area contributed by atoms with E-state index >= 15 is 0 Å². The van der Waals surface area contributed by atoms with E-state index in [1.165, 1.54) is 5.56 Å². The number of nitrogens with one attached hydrogen (secondary N) is 1. The largest absolute Gasteiger partial charge is 0.312 e. The van der Waals surface area contributed by atoms with E-state index in [0.29, 0.717) is 25.1 Å². The van der Waals surface area contributed by atoms with Gasteiger partial charge in [-0.25, -0.2) is 0 Å². The molecule has 0 saturated carbocycles. The van der Waals surface area contributed by atoms with Crippen molar-refractivity contribution in [2.45, 2.75) is 26.7 Å². The van der Waals surface area contributed by atoms with Gasteiger partial charge in [0.1, 0.15) is 0 Å². The Morgan fingerprint density at radius 1 is 1.20 bits per heavy atom. The maximum absolute atomic E-state index is 12.6. The van der Waals surface area contributed by atoms with E-state index in [1.54, 1.807) is 17.0 Å². The van der Waals surface area contributed by atoms with Gasteiger partial charge in [-0.05, 0) is 50.6 Å². The van der Waals surface area contributed by atoms with E-state index < -0.39 is 0 Å². The molecule has 2 aromatic carbocycles. The molecular weight excluding hydrogens is 314 g/mol. The Hall–Kier alpha value is -2.82. The van der Waals surface area contributed by atoms with Crippen LogP contribution in [0.3, 0.4) is 0 Å². The molecule has 2 amide bonds. The van der Waals surface area contributed by atoms with E-state index in [4.69, 9.17) is 0 Å². The van der Waals surface area contributed by atoms with E-state index in [0.717, 1.165) is 17.8 Å². The van der Waals surface area contributed by atoms with Crippen LogP contribution in [0.1, 0.15) is 35.7 Å². The average molecular weight is 337 g/mol. The van der Waals surface area contributed by atoms with Gasteiger partial charge in [0, 0.05) is 30.8 Å². The zero-order chi connectivity index (χ0) is 17.8. The van der Waals surface area contributed by atoms with Gasteiger partial charge in [-0.15, -0.1) is 0 Å². The van der Waals surface area contributed by atoms with Crippen LogP contribution in [0.25, 0.3) is 0 Å². The van der Waals surface area contributed by atoms with Crippen LogP contribution >= 0.6 is 0 Å². The van der Waals surface area contributed by atoms with Crippen molar-refractivity contribution in [2.24, 2.45) is 0 Å². The Morgan fingerprint density at radius 3 is 2.60 bits per heavy atom. The highest BCUT2D eigenvalue weighted by Gasteiger charge is 2.22. The van der Waals surface area contributed by atoms with Crippen LogP contribution in [0.5, 0.6) is 0 Å². The lowest BCUT2D eigenvalue weighted by Gasteiger charge is -2.24. The van der Waals surface area contributed by atoms with E-state index in [-0.39, 0.29) is 11.8 Å². The van der Waals surface area contributed by atoms with Crippen LogP contribution < -0.4 is 15.3 Å². The van der Waals surface area contributed by atoms with Gasteiger partial charge in [0.05, 0.1) is 5.69 Å². The highest BCUT2D eigenvalue weighted by atomic mass is 16.2. The van der Waals surface area contributed by atoms with Gasteiger partial charge in [0.2, 0.25) is 5.91 Å². The third-order valence-corrected chi connectivity index (χ3v) is 4.39. The number of hydrogen-bond acceptors (Lipinski definition) is 3. The molecule has 0 aromatic heterocycles. The zero-order valence-electron chi connectivity index (χ0n) is 14.7. The minimum Gasteiger partial charge on any atom is -0.312 e. The Bertz CT molecular complexity index is 771. The fourth-order valence-corrected chi connectivity index (χ4v) is 2.97. The highest BCUT2D eigenvalue weighted by molar-refractivity contribution is 5.99. The molecule has 0 aliphatic carbocycles. The molecule has 25 heavy (non-hydrogen) atoms. The summed E-state index contributed by atoms with van der Waals surface area (Å²) >= 11 is 0. The summed E-state index contributed by atoms with van der Waals surface area (Å²) in [6.07, 6.45) is 1.44. The molecule has 0 radical (unpaired) electrons. The Morgan fingerprint density at radius 2 is 1.96 bits per heavy atom. The number of hydrogen-bond donors (Lipinski definition) is 1. The summed E-state index contributed by atoms with van der Waals surface area (Å²) in [7, 11) is 0. The topological polar surface area (TPSA) is 52.7 Å². The standard InChI is InChI=1S/C20H23N3O2/c1-3-23(17-11-9-15(2)10-12-17)21-20(25)16-6-4-7-18(14-16)22-13-5-8-19(22)24/h4,6-7,9-12,14H,3,5,8,13H2,1-2H3,(H,21,25). The van der Waals surface area contributed by atoms with Gasteiger partial charge in [0.15, 0.2) is 0 Å². The zero-order valence-corrected chi connectivity index (χ0v) is 14.7. The monoisotopic (exact) mass is 337 g/mol. The molecule has 1 aliphatic rings. The normalized spacial score (nSPS) is 13.8. The van der Waals surface area contributed by atoms with Crippen molar-refractivity contribution in [2.75, 3.05) is 23.0 Å². The Balaban J connectivity index is 1.76. The lowest BCUT2D eigenvalue weighted by molar-refractivity contribution is -0.117. The summed E-state index contributed by atoms with van der Waals surface area (Å²) in [5, 5.41) is 1.81. The van der Waals surface area contributed by atoms with Crippen molar-refractivity contribution < 1.29 is 9.59 Å². The van der Waals surface area contributed by atoms with Crippen molar-refractivity contribution in [3.8, 4) is 0 Å². The molecule has 0 atom stereocenters. The number of anilines is 2. The number of carbonyl (C=O) groups excluding carboxylic acids is 2. The van der Waals surface area contributed by atoms with Crippen LogP contribution in [-0.2, 0) is 4.79 Å². The number of rotatable bonds is 5. The molecular formula is C20H23N3O2. The van der Waals surface area contributed by atoms with Crippen LogP contribution in [0.15, 0.2) is 48.5 Å². The molecule has 130 valence electrons.